The Morgan fingerprint density at radius 3 is 2.76 bits per heavy atom. The minimum Gasteiger partial charge on any atom is -0.476 e. The molecule has 0 aliphatic heterocycles. The first kappa shape index (κ1) is 29.7. The number of para-hydroxylation sites is 1. The van der Waals surface area contributed by atoms with Crippen molar-refractivity contribution in [3.8, 4) is 17.3 Å². The van der Waals surface area contributed by atoms with Gasteiger partial charge in [-0.25, -0.2) is 9.37 Å². The predicted octanol–water partition coefficient (Wildman–Crippen LogP) is 7.17. The lowest BCUT2D eigenvalue weighted by Gasteiger charge is -2.10. The van der Waals surface area contributed by atoms with Gasteiger partial charge in [-0.05, 0) is 76.6 Å². The number of fused-ring (bicyclic) bond motifs is 2. The highest BCUT2D eigenvalue weighted by Crippen LogP contribution is 2.36. The molecule has 45 heavy (non-hydrogen) atoms. The molecule has 2 aromatic heterocycles. The molecule has 0 spiro atoms. The van der Waals surface area contributed by atoms with Crippen LogP contribution in [0.2, 0.25) is 5.02 Å². The van der Waals surface area contributed by atoms with E-state index < -0.39 is 34.5 Å². The van der Waals surface area contributed by atoms with Gasteiger partial charge in [0.15, 0.2) is 12.4 Å². The number of benzene rings is 4. The normalized spacial score (nSPS) is 11.4. The van der Waals surface area contributed by atoms with E-state index in [9.17, 15) is 24.1 Å². The Morgan fingerprint density at radius 2 is 1.96 bits per heavy atom. The summed E-state index contributed by atoms with van der Waals surface area (Å²) in [6.45, 7) is -0.590. The maximum atomic E-state index is 13.6. The Hall–Kier alpha value is -5.40. The quantitative estimate of drug-likeness (QED) is 0.101. The maximum Gasteiger partial charge on any atom is 0.312 e. The van der Waals surface area contributed by atoms with Gasteiger partial charge in [0.05, 0.1) is 26.5 Å². The highest BCUT2D eigenvalue weighted by molar-refractivity contribution is 9.10. The smallest absolute Gasteiger partial charge is 0.312 e. The van der Waals surface area contributed by atoms with Crippen LogP contribution in [0.15, 0.2) is 104 Å². The fourth-order valence-electron chi connectivity index (χ4n) is 4.49. The number of hydrogen-bond donors (Lipinski definition) is 1. The van der Waals surface area contributed by atoms with E-state index in [2.05, 4.69) is 31.3 Å². The molecule has 0 saturated carbocycles. The zero-order valence-corrected chi connectivity index (χ0v) is 25.1. The number of nitro benzene ring substituents is 1. The van der Waals surface area contributed by atoms with Crippen LogP contribution in [-0.4, -0.2) is 33.3 Å². The van der Waals surface area contributed by atoms with Gasteiger partial charge < -0.3 is 14.5 Å². The number of anilines is 1. The molecule has 1 amide bonds. The van der Waals surface area contributed by atoms with Crippen molar-refractivity contribution in [2.75, 3.05) is 11.9 Å². The summed E-state index contributed by atoms with van der Waals surface area (Å²) in [6.07, 6.45) is 1.25. The highest BCUT2D eigenvalue weighted by Gasteiger charge is 2.22. The molecular weight excluding hydrogens is 673 g/mol. The van der Waals surface area contributed by atoms with Crippen LogP contribution in [-0.2, 0) is 4.79 Å². The summed E-state index contributed by atoms with van der Waals surface area (Å²) < 4.78 is 26.0. The number of nitrogens with one attached hydrogen (secondary N) is 1. The van der Waals surface area contributed by atoms with Crippen LogP contribution in [0.3, 0.4) is 0 Å². The van der Waals surface area contributed by atoms with Crippen LogP contribution in [0.4, 0.5) is 15.8 Å². The average molecular weight is 691 g/mol. The predicted molar refractivity (Wildman–Crippen MR) is 171 cm³/mol. The maximum absolute atomic E-state index is 13.6. The third kappa shape index (κ3) is 6.30. The summed E-state index contributed by atoms with van der Waals surface area (Å²) in [4.78, 5) is 41.8. The van der Waals surface area contributed by atoms with Crippen molar-refractivity contribution < 1.29 is 23.3 Å². The zero-order valence-electron chi connectivity index (χ0n) is 22.7. The molecule has 14 heteroatoms. The molecule has 0 fully saturated rings. The summed E-state index contributed by atoms with van der Waals surface area (Å²) >= 11 is 9.39. The first-order valence-corrected chi connectivity index (χ1v) is 14.2. The van der Waals surface area contributed by atoms with E-state index in [1.54, 1.807) is 48.5 Å². The lowest BCUT2D eigenvalue weighted by Crippen LogP contribution is -2.21. The van der Waals surface area contributed by atoms with Gasteiger partial charge >= 0.3 is 5.69 Å². The molecule has 0 radical (unpaired) electrons. The minimum atomic E-state index is -0.684. The first-order valence-electron chi connectivity index (χ1n) is 13.1. The van der Waals surface area contributed by atoms with Crippen molar-refractivity contribution in [2.45, 2.75) is 0 Å². The summed E-state index contributed by atoms with van der Waals surface area (Å²) in [5, 5.41) is 20.2. The van der Waals surface area contributed by atoms with E-state index in [1.165, 1.54) is 36.5 Å². The van der Waals surface area contributed by atoms with Crippen molar-refractivity contribution >= 4 is 72.9 Å². The number of aromatic nitrogens is 2. The van der Waals surface area contributed by atoms with E-state index in [0.717, 1.165) is 10.7 Å². The van der Waals surface area contributed by atoms with Crippen LogP contribution in [0.1, 0.15) is 5.56 Å². The van der Waals surface area contributed by atoms with E-state index in [-0.39, 0.29) is 33.1 Å². The van der Waals surface area contributed by atoms with Gasteiger partial charge in [0.1, 0.15) is 11.4 Å². The van der Waals surface area contributed by atoms with Gasteiger partial charge in [0.2, 0.25) is 11.6 Å². The summed E-state index contributed by atoms with van der Waals surface area (Å²) in [5.74, 6) is -1.06. The molecule has 0 unspecified atom stereocenters. The molecule has 0 aliphatic rings. The summed E-state index contributed by atoms with van der Waals surface area (Å²) in [5.41, 5.74) is 0.405. The zero-order chi connectivity index (χ0) is 31.7. The van der Waals surface area contributed by atoms with Gasteiger partial charge in [-0.15, -0.1) is 0 Å². The number of carbonyl (C=O) groups is 1. The van der Waals surface area contributed by atoms with Gasteiger partial charge in [0.25, 0.3) is 11.5 Å². The Kier molecular flexibility index (Phi) is 8.11. The molecule has 4 aromatic carbocycles. The lowest BCUT2D eigenvalue weighted by atomic mass is 10.2. The molecule has 0 saturated heterocycles. The molecule has 11 nitrogen and oxygen atoms in total. The number of nitrogens with zero attached hydrogens (tertiary/aromatic N) is 4. The number of rotatable bonds is 8. The standard InChI is InChI=1S/C31H18BrClFN5O6/c32-23-10-17(11-25(39(42)43)29(23)44-16-28(40)36-21-5-3-4-20(34)14-21)15-35-38-30(37-24-7-2-1-6-22(24)31(38)41)27-13-18-12-19(33)8-9-26(18)45-27/h1-15H,16H2,(H,36,40). The number of ether oxygens (including phenoxy) is 1. The Morgan fingerprint density at radius 1 is 1.13 bits per heavy atom. The fraction of sp³-hybridized carbons (Fsp3) is 0.0323. The molecule has 0 aliphatic carbocycles. The Labute approximate surface area is 265 Å². The minimum absolute atomic E-state index is 0.0973. The monoisotopic (exact) mass is 689 g/mol. The Balaban J connectivity index is 1.34. The van der Waals surface area contributed by atoms with E-state index in [0.29, 0.717) is 26.9 Å². The van der Waals surface area contributed by atoms with E-state index >= 15 is 0 Å². The van der Waals surface area contributed by atoms with E-state index in [4.69, 9.17) is 20.8 Å². The van der Waals surface area contributed by atoms with Crippen LogP contribution in [0.25, 0.3) is 33.5 Å². The summed E-state index contributed by atoms with van der Waals surface area (Å²) in [6, 6.07) is 21.4. The second kappa shape index (κ2) is 12.3. The average Bonchev–Trinajstić information content (AvgIpc) is 3.43. The van der Waals surface area contributed by atoms with Crippen LogP contribution in [0.5, 0.6) is 5.75 Å². The molecule has 224 valence electrons. The number of hydrogen-bond acceptors (Lipinski definition) is 8. The van der Waals surface area contributed by atoms with Gasteiger partial charge in [-0.1, -0.05) is 29.8 Å². The van der Waals surface area contributed by atoms with Crippen LogP contribution >= 0.6 is 27.5 Å². The lowest BCUT2D eigenvalue weighted by molar-refractivity contribution is -0.385. The number of carbonyl (C=O) groups excluding carboxylic acids is 1. The van der Waals surface area contributed by atoms with Crippen molar-refractivity contribution in [1.29, 1.82) is 0 Å². The fourth-order valence-corrected chi connectivity index (χ4v) is 5.25. The second-order valence-electron chi connectivity index (χ2n) is 9.56. The van der Waals surface area contributed by atoms with Crippen molar-refractivity contribution in [3.05, 3.63) is 126 Å². The van der Waals surface area contributed by atoms with Crippen molar-refractivity contribution in [3.63, 3.8) is 0 Å². The van der Waals surface area contributed by atoms with Gasteiger partial charge in [-0.3, -0.25) is 19.7 Å². The van der Waals surface area contributed by atoms with Crippen LogP contribution < -0.4 is 15.6 Å². The molecule has 1 N–H and O–H groups in total. The molecule has 0 bridgehead atoms. The SMILES string of the molecule is O=C(COc1c(Br)cc(C=Nn2c(-c3cc4cc(Cl)ccc4o3)nc3ccccc3c2=O)cc1[N+](=O)[O-])Nc1cccc(F)c1. The third-order valence-corrected chi connectivity index (χ3v) is 7.30. The Bertz CT molecular complexity index is 2230. The van der Waals surface area contributed by atoms with E-state index in [1.807, 2.05) is 0 Å². The topological polar surface area (TPSA) is 142 Å². The molecule has 2 heterocycles. The van der Waals surface area contributed by atoms with Crippen molar-refractivity contribution in [2.24, 2.45) is 5.10 Å². The second-order valence-corrected chi connectivity index (χ2v) is 10.9. The largest absolute Gasteiger partial charge is 0.476 e. The third-order valence-electron chi connectivity index (χ3n) is 6.47. The number of amides is 1. The van der Waals surface area contributed by atoms with Crippen LogP contribution in [0, 0.1) is 15.9 Å². The van der Waals surface area contributed by atoms with Crippen molar-refractivity contribution in [1.82, 2.24) is 9.66 Å². The highest BCUT2D eigenvalue weighted by atomic mass is 79.9. The first-order chi connectivity index (χ1) is 21.7. The molecular formula is C31H18BrClFN5O6. The summed E-state index contributed by atoms with van der Waals surface area (Å²) in [7, 11) is 0. The molecule has 6 rings (SSSR count). The van der Waals surface area contributed by atoms with Gasteiger partial charge in [-0.2, -0.15) is 9.78 Å². The molecule has 6 aromatic rings. The number of nitro groups is 1. The molecule has 0 atom stereocenters. The number of halogens is 3. The number of furan rings is 1. The van der Waals surface area contributed by atoms with Gasteiger partial charge in [0, 0.05) is 27.7 Å².